The number of sulfone groups is 1. The third kappa shape index (κ3) is 4.19. The van der Waals surface area contributed by atoms with Crippen LogP contribution in [0.5, 0.6) is 0 Å². The molecule has 0 aliphatic carbocycles. The van der Waals surface area contributed by atoms with Crippen molar-refractivity contribution in [2.24, 2.45) is 5.92 Å². The van der Waals surface area contributed by atoms with E-state index in [1.807, 2.05) is 0 Å². The third-order valence-electron chi connectivity index (χ3n) is 5.30. The van der Waals surface area contributed by atoms with Crippen molar-refractivity contribution in [2.45, 2.75) is 44.0 Å². The summed E-state index contributed by atoms with van der Waals surface area (Å²) in [6.45, 7) is 4.44. The van der Waals surface area contributed by atoms with Gasteiger partial charge in [-0.2, -0.15) is 9.40 Å². The number of H-pyrrole nitrogens is 1. The molecule has 1 aromatic heterocycles. The summed E-state index contributed by atoms with van der Waals surface area (Å²) >= 11 is 0. The molecule has 0 spiro atoms. The van der Waals surface area contributed by atoms with Gasteiger partial charge in [-0.1, -0.05) is 0 Å². The molecule has 0 radical (unpaired) electrons. The minimum absolute atomic E-state index is 0.0154. The molecule has 1 amide bonds. The smallest absolute Gasteiger partial charge is 0.246 e. The molecule has 0 saturated carbocycles. The van der Waals surface area contributed by atoms with E-state index in [2.05, 4.69) is 10.2 Å². The van der Waals surface area contributed by atoms with E-state index in [4.69, 9.17) is 0 Å². The summed E-state index contributed by atoms with van der Waals surface area (Å²) in [5, 5.41) is 6.68. The maximum Gasteiger partial charge on any atom is 0.246 e. The zero-order valence-electron chi connectivity index (χ0n) is 15.8. The predicted molar refractivity (Wildman–Crippen MR) is 99.4 cm³/mol. The average Bonchev–Trinajstić information content (AvgIpc) is 3.08. The first-order valence-electron chi connectivity index (χ1n) is 8.98. The monoisotopic (exact) mass is 418 g/mol. The van der Waals surface area contributed by atoms with Crippen LogP contribution in [0.25, 0.3) is 0 Å². The molecule has 2 aliphatic rings. The lowest BCUT2D eigenvalue weighted by Crippen LogP contribution is -2.47. The second kappa shape index (κ2) is 7.17. The molecule has 2 saturated heterocycles. The topological polar surface area (TPSA) is 121 Å². The Morgan fingerprint density at radius 3 is 2.30 bits per heavy atom. The fourth-order valence-electron chi connectivity index (χ4n) is 4.15. The SMILES string of the molecule is Cc1n[nH]c(C)c1S(=O)(=O)N1CCC(N2CC(CS(C)(=O)=O)CC2=O)CC1. The van der Waals surface area contributed by atoms with Crippen molar-refractivity contribution in [3.8, 4) is 0 Å². The van der Waals surface area contributed by atoms with Crippen LogP contribution in [0.3, 0.4) is 0 Å². The molecule has 1 N–H and O–H groups in total. The zero-order chi connectivity index (χ0) is 20.0. The largest absolute Gasteiger partial charge is 0.339 e. The van der Waals surface area contributed by atoms with Crippen molar-refractivity contribution in [3.63, 3.8) is 0 Å². The maximum absolute atomic E-state index is 12.9. The number of amides is 1. The van der Waals surface area contributed by atoms with Gasteiger partial charge in [-0.05, 0) is 32.6 Å². The van der Waals surface area contributed by atoms with Gasteiger partial charge in [0.1, 0.15) is 14.7 Å². The molecule has 0 bridgehead atoms. The van der Waals surface area contributed by atoms with E-state index in [1.54, 1.807) is 18.7 Å². The fourth-order valence-corrected chi connectivity index (χ4v) is 7.03. The van der Waals surface area contributed by atoms with Gasteiger partial charge in [0.05, 0.1) is 17.1 Å². The van der Waals surface area contributed by atoms with Gasteiger partial charge in [-0.3, -0.25) is 9.89 Å². The Labute approximate surface area is 160 Å². The third-order valence-corrected chi connectivity index (χ3v) is 8.54. The van der Waals surface area contributed by atoms with Crippen LogP contribution in [-0.2, 0) is 24.7 Å². The molecule has 1 aromatic rings. The molecular formula is C16H26N4O5S2. The molecule has 2 fully saturated rings. The first-order chi connectivity index (χ1) is 12.5. The second-order valence-electron chi connectivity index (χ2n) is 7.61. The van der Waals surface area contributed by atoms with Crippen molar-refractivity contribution < 1.29 is 21.6 Å². The maximum atomic E-state index is 12.9. The summed E-state index contributed by atoms with van der Waals surface area (Å²) in [5.74, 6) is -0.196. The Bertz CT molecular complexity index is 911. The Morgan fingerprint density at radius 1 is 1.15 bits per heavy atom. The van der Waals surface area contributed by atoms with E-state index >= 15 is 0 Å². The molecule has 27 heavy (non-hydrogen) atoms. The summed E-state index contributed by atoms with van der Waals surface area (Å²) in [5.41, 5.74) is 0.973. The summed E-state index contributed by atoms with van der Waals surface area (Å²) in [7, 11) is -6.74. The van der Waals surface area contributed by atoms with Gasteiger partial charge >= 0.3 is 0 Å². The number of piperidine rings is 1. The number of nitrogens with zero attached hydrogens (tertiary/aromatic N) is 3. The van der Waals surface area contributed by atoms with E-state index in [1.165, 1.54) is 10.6 Å². The minimum Gasteiger partial charge on any atom is -0.339 e. The number of aromatic nitrogens is 2. The first kappa shape index (κ1) is 20.3. The molecule has 3 rings (SSSR count). The molecule has 9 nitrogen and oxygen atoms in total. The van der Waals surface area contributed by atoms with Gasteiger partial charge in [-0.25, -0.2) is 16.8 Å². The Balaban J connectivity index is 1.65. The molecular weight excluding hydrogens is 392 g/mol. The number of aromatic amines is 1. The number of rotatable bonds is 5. The number of nitrogens with one attached hydrogen (secondary N) is 1. The quantitative estimate of drug-likeness (QED) is 0.723. The van der Waals surface area contributed by atoms with E-state index in [0.29, 0.717) is 43.9 Å². The van der Waals surface area contributed by atoms with Gasteiger partial charge in [0.25, 0.3) is 0 Å². The van der Waals surface area contributed by atoms with Crippen LogP contribution in [0, 0.1) is 19.8 Å². The Kier molecular flexibility index (Phi) is 5.39. The highest BCUT2D eigenvalue weighted by Crippen LogP contribution is 2.29. The number of likely N-dealkylation sites (tertiary alicyclic amines) is 1. The van der Waals surface area contributed by atoms with Crippen molar-refractivity contribution >= 4 is 25.8 Å². The highest BCUT2D eigenvalue weighted by molar-refractivity contribution is 7.90. The highest BCUT2D eigenvalue weighted by atomic mass is 32.2. The molecule has 11 heteroatoms. The molecule has 2 aliphatic heterocycles. The van der Waals surface area contributed by atoms with Crippen LogP contribution in [0.4, 0.5) is 0 Å². The summed E-state index contributed by atoms with van der Waals surface area (Å²) < 4.78 is 50.2. The van der Waals surface area contributed by atoms with Crippen molar-refractivity contribution in [2.75, 3.05) is 31.6 Å². The second-order valence-corrected chi connectivity index (χ2v) is 11.7. The molecule has 1 unspecified atom stereocenters. The van der Waals surface area contributed by atoms with Crippen LogP contribution >= 0.6 is 0 Å². The predicted octanol–water partition coefficient (Wildman–Crippen LogP) is 0.0727. The van der Waals surface area contributed by atoms with Crippen LogP contribution in [-0.4, -0.2) is 79.8 Å². The average molecular weight is 419 g/mol. The van der Waals surface area contributed by atoms with E-state index < -0.39 is 19.9 Å². The number of aryl methyl sites for hydroxylation is 2. The van der Waals surface area contributed by atoms with Crippen molar-refractivity contribution in [1.82, 2.24) is 19.4 Å². The number of carbonyl (C=O) groups is 1. The van der Waals surface area contributed by atoms with Crippen molar-refractivity contribution in [3.05, 3.63) is 11.4 Å². The normalized spacial score (nSPS) is 23.3. The molecule has 152 valence electrons. The fraction of sp³-hybridized carbons (Fsp3) is 0.750. The van der Waals surface area contributed by atoms with Gasteiger partial charge < -0.3 is 4.90 Å². The lowest BCUT2D eigenvalue weighted by atomic mass is 10.1. The standard InChI is InChI=1S/C16H26N4O5S2/c1-11-16(12(2)18-17-11)27(24,25)19-6-4-14(5-7-19)20-9-13(8-15(20)21)10-26(3,22)23/h13-14H,4-10H2,1-3H3,(H,17,18). The Morgan fingerprint density at radius 2 is 1.78 bits per heavy atom. The number of sulfonamides is 1. The summed E-state index contributed by atoms with van der Waals surface area (Å²) in [6, 6.07) is -0.0416. The van der Waals surface area contributed by atoms with Gasteiger partial charge in [0.2, 0.25) is 15.9 Å². The van der Waals surface area contributed by atoms with Gasteiger partial charge in [0.15, 0.2) is 0 Å². The number of hydrogen-bond acceptors (Lipinski definition) is 6. The van der Waals surface area contributed by atoms with Crippen molar-refractivity contribution in [1.29, 1.82) is 0 Å². The number of hydrogen-bond donors (Lipinski definition) is 1. The van der Waals surface area contributed by atoms with E-state index in [0.717, 1.165) is 0 Å². The van der Waals surface area contributed by atoms with Gasteiger partial charge in [0, 0.05) is 38.4 Å². The van der Waals surface area contributed by atoms with E-state index in [-0.39, 0.29) is 34.9 Å². The summed E-state index contributed by atoms with van der Waals surface area (Å²) in [6.07, 6.45) is 2.53. The lowest BCUT2D eigenvalue weighted by molar-refractivity contribution is -0.130. The molecule has 1 atom stereocenters. The molecule has 3 heterocycles. The number of carbonyl (C=O) groups excluding carboxylic acids is 1. The minimum atomic E-state index is -3.62. The van der Waals surface area contributed by atoms with Crippen LogP contribution in [0.2, 0.25) is 0 Å². The van der Waals surface area contributed by atoms with Crippen LogP contribution in [0.15, 0.2) is 4.90 Å². The van der Waals surface area contributed by atoms with E-state index in [9.17, 15) is 21.6 Å². The van der Waals surface area contributed by atoms with Crippen LogP contribution in [0.1, 0.15) is 30.7 Å². The Hall–Kier alpha value is -1.46. The van der Waals surface area contributed by atoms with Gasteiger partial charge in [-0.15, -0.1) is 0 Å². The first-order valence-corrected chi connectivity index (χ1v) is 12.5. The zero-order valence-corrected chi connectivity index (χ0v) is 17.4. The van der Waals surface area contributed by atoms with Crippen LogP contribution < -0.4 is 0 Å². The lowest BCUT2D eigenvalue weighted by Gasteiger charge is -2.36. The summed E-state index contributed by atoms with van der Waals surface area (Å²) in [4.78, 5) is 14.3. The highest BCUT2D eigenvalue weighted by Gasteiger charge is 2.39. The molecule has 0 aromatic carbocycles.